The van der Waals surface area contributed by atoms with Gasteiger partial charge in [0.15, 0.2) is 11.9 Å². The quantitative estimate of drug-likeness (QED) is 0.0532. The van der Waals surface area contributed by atoms with Crippen molar-refractivity contribution in [3.8, 4) is 16.9 Å². The van der Waals surface area contributed by atoms with Crippen LogP contribution in [0.15, 0.2) is 72.8 Å². The zero-order valence-electron chi connectivity index (χ0n) is 27.6. The molecule has 246 valence electrons. The van der Waals surface area contributed by atoms with Crippen molar-refractivity contribution < 1.29 is 33.4 Å². The van der Waals surface area contributed by atoms with Crippen LogP contribution in [0.25, 0.3) is 11.1 Å². The Morgan fingerprint density at radius 1 is 0.565 bits per heavy atom. The first-order chi connectivity index (χ1) is 22.3. The topological polar surface area (TPSA) is 96.0 Å². The molecule has 3 rings (SSSR count). The Labute approximate surface area is 273 Å². The van der Waals surface area contributed by atoms with Crippen LogP contribution in [0.4, 0.5) is 0 Å². The molecule has 0 amide bonds. The van der Waals surface area contributed by atoms with E-state index in [1.807, 2.05) is 36.4 Å². The van der Waals surface area contributed by atoms with Gasteiger partial charge in [-0.05, 0) is 67.3 Å². The van der Waals surface area contributed by atoms with E-state index in [1.54, 1.807) is 12.1 Å². The number of ketones is 1. The number of rotatable bonds is 20. The van der Waals surface area contributed by atoms with Crippen LogP contribution in [0.2, 0.25) is 0 Å². The predicted molar refractivity (Wildman–Crippen MR) is 180 cm³/mol. The molecule has 0 bridgehead atoms. The molecule has 3 aromatic carbocycles. The summed E-state index contributed by atoms with van der Waals surface area (Å²) in [5.41, 5.74) is 3.18. The van der Waals surface area contributed by atoms with E-state index in [9.17, 15) is 19.2 Å². The molecule has 1 atom stereocenters. The van der Waals surface area contributed by atoms with Gasteiger partial charge in [0.25, 0.3) is 0 Å². The van der Waals surface area contributed by atoms with E-state index in [2.05, 4.69) is 13.8 Å². The van der Waals surface area contributed by atoms with Crippen molar-refractivity contribution in [1.82, 2.24) is 0 Å². The highest BCUT2D eigenvalue weighted by Crippen LogP contribution is 2.23. The zero-order chi connectivity index (χ0) is 33.1. The summed E-state index contributed by atoms with van der Waals surface area (Å²) in [7, 11) is 0. The lowest BCUT2D eigenvalue weighted by molar-refractivity contribution is -0.153. The van der Waals surface area contributed by atoms with Gasteiger partial charge in [0.1, 0.15) is 5.75 Å². The van der Waals surface area contributed by atoms with Gasteiger partial charge >= 0.3 is 17.9 Å². The average Bonchev–Trinajstić information content (AvgIpc) is 3.08. The Morgan fingerprint density at radius 2 is 1.04 bits per heavy atom. The summed E-state index contributed by atoms with van der Waals surface area (Å²) < 4.78 is 15.9. The fourth-order valence-electron chi connectivity index (χ4n) is 4.96. The third-order valence-electron chi connectivity index (χ3n) is 7.83. The van der Waals surface area contributed by atoms with E-state index in [0.717, 1.165) is 55.2 Å². The molecule has 1 unspecified atom stereocenters. The summed E-state index contributed by atoms with van der Waals surface area (Å²) in [6.45, 7) is 6.09. The van der Waals surface area contributed by atoms with Gasteiger partial charge in [0, 0.05) is 12.0 Å². The lowest BCUT2D eigenvalue weighted by atomic mass is 9.99. The first-order valence-electron chi connectivity index (χ1n) is 16.8. The lowest BCUT2D eigenvalue weighted by Gasteiger charge is -2.13. The normalized spacial score (nSPS) is 11.5. The highest BCUT2D eigenvalue weighted by Gasteiger charge is 2.20. The van der Waals surface area contributed by atoms with Crippen LogP contribution in [0.1, 0.15) is 129 Å². The van der Waals surface area contributed by atoms with Crippen LogP contribution in [0, 0.1) is 0 Å². The average molecular weight is 629 g/mol. The van der Waals surface area contributed by atoms with Crippen LogP contribution in [-0.4, -0.2) is 36.4 Å². The number of unbranched alkanes of at least 4 members (excludes halogenated alkanes) is 9. The minimum Gasteiger partial charge on any atom is -0.463 e. The van der Waals surface area contributed by atoms with Crippen LogP contribution in [0.3, 0.4) is 0 Å². The number of carbonyl (C=O) groups excluding carboxylic acids is 4. The summed E-state index contributed by atoms with van der Waals surface area (Å²) >= 11 is 0. The Balaban J connectivity index is 1.45. The van der Waals surface area contributed by atoms with Gasteiger partial charge in [0.05, 0.1) is 17.7 Å². The predicted octanol–water partition coefficient (Wildman–Crippen LogP) is 9.56. The van der Waals surface area contributed by atoms with Crippen molar-refractivity contribution in [2.24, 2.45) is 0 Å². The van der Waals surface area contributed by atoms with Gasteiger partial charge in [-0.25, -0.2) is 14.4 Å². The van der Waals surface area contributed by atoms with Gasteiger partial charge in [0.2, 0.25) is 0 Å². The molecular weight excluding hydrogens is 580 g/mol. The molecule has 46 heavy (non-hydrogen) atoms. The first-order valence-corrected chi connectivity index (χ1v) is 16.8. The first kappa shape index (κ1) is 36.2. The van der Waals surface area contributed by atoms with E-state index in [-0.39, 0.29) is 17.1 Å². The fraction of sp³-hybridized carbons (Fsp3) is 0.436. The molecule has 0 aromatic heterocycles. The van der Waals surface area contributed by atoms with Gasteiger partial charge in [-0.3, -0.25) is 4.79 Å². The molecule has 0 aliphatic rings. The Kier molecular flexibility index (Phi) is 15.7. The fourth-order valence-corrected chi connectivity index (χ4v) is 4.96. The van der Waals surface area contributed by atoms with Crippen molar-refractivity contribution in [2.45, 2.75) is 104 Å². The van der Waals surface area contributed by atoms with Crippen LogP contribution in [-0.2, 0) is 14.3 Å². The molecule has 0 fully saturated rings. The van der Waals surface area contributed by atoms with Crippen LogP contribution < -0.4 is 4.74 Å². The lowest BCUT2D eigenvalue weighted by Crippen LogP contribution is -2.26. The summed E-state index contributed by atoms with van der Waals surface area (Å²) in [4.78, 5) is 49.9. The number of ether oxygens (including phenoxy) is 3. The summed E-state index contributed by atoms with van der Waals surface area (Å²) in [5.74, 6) is -1.35. The van der Waals surface area contributed by atoms with Crippen molar-refractivity contribution >= 4 is 23.7 Å². The Bertz CT molecular complexity index is 1380. The standard InChI is InChI=1S/C39H48O7/c1-4-6-8-10-11-12-13-15-36(40)32-20-16-30(17-21-32)31-18-22-33(23-19-31)39(43)46-35-26-24-34(25-27-35)38(42)45-29(3)37(41)44-28-14-9-7-5-2/h16-27,29H,4-15,28H2,1-3H3. The van der Waals surface area contributed by atoms with Crippen molar-refractivity contribution in [3.05, 3.63) is 89.5 Å². The Morgan fingerprint density at radius 3 is 1.63 bits per heavy atom. The second-order valence-corrected chi connectivity index (χ2v) is 11.6. The number of Topliss-reactive ketones (excluding diaryl/α,β-unsaturated/α-hetero) is 1. The number of carbonyl (C=O) groups is 4. The number of hydrogen-bond donors (Lipinski definition) is 0. The zero-order valence-corrected chi connectivity index (χ0v) is 27.6. The van der Waals surface area contributed by atoms with Gasteiger partial charge in [-0.15, -0.1) is 0 Å². The molecule has 3 aromatic rings. The molecular formula is C39H48O7. The SMILES string of the molecule is CCCCCCCCCC(=O)c1ccc(-c2ccc(C(=O)Oc3ccc(C(=O)OC(C)C(=O)OCCCCCC)cc3)cc2)cc1. The Hall–Kier alpha value is -4.26. The highest BCUT2D eigenvalue weighted by atomic mass is 16.6. The van der Waals surface area contributed by atoms with Gasteiger partial charge in [-0.2, -0.15) is 0 Å². The minimum absolute atomic E-state index is 0.172. The number of esters is 3. The monoisotopic (exact) mass is 628 g/mol. The van der Waals surface area contributed by atoms with E-state index in [4.69, 9.17) is 14.2 Å². The van der Waals surface area contributed by atoms with Crippen LogP contribution >= 0.6 is 0 Å². The molecule has 0 saturated heterocycles. The van der Waals surface area contributed by atoms with E-state index >= 15 is 0 Å². The van der Waals surface area contributed by atoms with E-state index in [0.29, 0.717) is 18.6 Å². The van der Waals surface area contributed by atoms with Crippen molar-refractivity contribution in [3.63, 3.8) is 0 Å². The molecule has 7 nitrogen and oxygen atoms in total. The molecule has 0 radical (unpaired) electrons. The van der Waals surface area contributed by atoms with Crippen LogP contribution in [0.5, 0.6) is 5.75 Å². The molecule has 0 spiro atoms. The van der Waals surface area contributed by atoms with E-state index in [1.165, 1.54) is 63.3 Å². The second-order valence-electron chi connectivity index (χ2n) is 11.6. The summed E-state index contributed by atoms with van der Waals surface area (Å²) in [6.07, 6.45) is 11.8. The number of benzene rings is 3. The smallest absolute Gasteiger partial charge is 0.347 e. The van der Waals surface area contributed by atoms with Crippen molar-refractivity contribution in [2.75, 3.05) is 6.61 Å². The minimum atomic E-state index is -1.03. The third kappa shape index (κ3) is 12.3. The maximum absolute atomic E-state index is 12.7. The summed E-state index contributed by atoms with van der Waals surface area (Å²) in [6, 6.07) is 20.6. The highest BCUT2D eigenvalue weighted by molar-refractivity contribution is 5.96. The molecule has 0 N–H and O–H groups in total. The van der Waals surface area contributed by atoms with Gasteiger partial charge in [-0.1, -0.05) is 108 Å². The molecule has 0 saturated carbocycles. The van der Waals surface area contributed by atoms with E-state index < -0.39 is 24.0 Å². The summed E-state index contributed by atoms with van der Waals surface area (Å²) in [5, 5.41) is 0. The largest absolute Gasteiger partial charge is 0.463 e. The number of hydrogen-bond acceptors (Lipinski definition) is 7. The maximum atomic E-state index is 12.7. The van der Waals surface area contributed by atoms with Crippen molar-refractivity contribution in [1.29, 1.82) is 0 Å². The molecule has 0 aliphatic carbocycles. The third-order valence-corrected chi connectivity index (χ3v) is 7.83. The molecule has 0 aliphatic heterocycles. The molecule has 7 heteroatoms. The molecule has 0 heterocycles. The van der Waals surface area contributed by atoms with Gasteiger partial charge < -0.3 is 14.2 Å². The second kappa shape index (κ2) is 20.0. The maximum Gasteiger partial charge on any atom is 0.347 e.